The summed E-state index contributed by atoms with van der Waals surface area (Å²) in [5.41, 5.74) is 4.10. The number of halogens is 1. The molecule has 0 saturated heterocycles. The summed E-state index contributed by atoms with van der Waals surface area (Å²) in [6.07, 6.45) is 9.38. The van der Waals surface area contributed by atoms with Crippen molar-refractivity contribution in [2.75, 3.05) is 0 Å². The number of aryl methyl sites for hydroxylation is 2. The number of Topliss-reactive ketones (excluding diaryl/α,β-unsaturated/α-hetero) is 1. The minimum absolute atomic E-state index is 0.0237. The van der Waals surface area contributed by atoms with E-state index in [0.717, 1.165) is 49.2 Å². The Bertz CT molecular complexity index is 1090. The summed E-state index contributed by atoms with van der Waals surface area (Å²) in [4.78, 5) is 33.0. The Balaban J connectivity index is 1.63. The number of aliphatic carboxylic acids is 1. The van der Waals surface area contributed by atoms with Crippen LogP contribution in [0.15, 0.2) is 36.7 Å². The fraction of sp³-hybridized carbons (Fsp3) is 0.440. The minimum Gasteiger partial charge on any atom is -0.481 e. The van der Waals surface area contributed by atoms with Gasteiger partial charge < -0.3 is 9.67 Å². The summed E-state index contributed by atoms with van der Waals surface area (Å²) in [6.45, 7) is 1.79. The quantitative estimate of drug-likeness (QED) is 0.281. The number of hydrogen-bond acceptors (Lipinski definition) is 4. The Morgan fingerprint density at radius 1 is 1.06 bits per heavy atom. The van der Waals surface area contributed by atoms with E-state index in [-0.39, 0.29) is 24.5 Å². The second kappa shape index (κ2) is 11.2. The Kier molecular flexibility index (Phi) is 8.39. The molecular formula is C25H30ClN3O3. The molecule has 6 nitrogen and oxygen atoms in total. The fourth-order valence-corrected chi connectivity index (χ4v) is 4.44. The highest BCUT2D eigenvalue weighted by Gasteiger charge is 2.24. The van der Waals surface area contributed by atoms with Gasteiger partial charge in [0, 0.05) is 43.0 Å². The van der Waals surface area contributed by atoms with Gasteiger partial charge in [-0.05, 0) is 49.3 Å². The van der Waals surface area contributed by atoms with E-state index in [1.165, 1.54) is 5.56 Å². The molecule has 0 fully saturated rings. The van der Waals surface area contributed by atoms with Crippen LogP contribution in [0.2, 0.25) is 5.02 Å². The molecule has 2 heterocycles. The van der Waals surface area contributed by atoms with Crippen LogP contribution in [-0.4, -0.2) is 31.4 Å². The Morgan fingerprint density at radius 2 is 1.78 bits per heavy atom. The van der Waals surface area contributed by atoms with Crippen LogP contribution in [0.1, 0.15) is 67.1 Å². The van der Waals surface area contributed by atoms with E-state index in [9.17, 15) is 9.59 Å². The van der Waals surface area contributed by atoms with Gasteiger partial charge in [-0.2, -0.15) is 0 Å². The minimum atomic E-state index is -0.888. The van der Waals surface area contributed by atoms with Crippen LogP contribution < -0.4 is 0 Å². The van der Waals surface area contributed by atoms with Gasteiger partial charge in [0.05, 0.1) is 5.56 Å². The van der Waals surface area contributed by atoms with Crippen LogP contribution in [-0.2, 0) is 24.7 Å². The van der Waals surface area contributed by atoms with Crippen LogP contribution in [0.5, 0.6) is 0 Å². The predicted octanol–water partition coefficient (Wildman–Crippen LogP) is 5.65. The largest absolute Gasteiger partial charge is 0.481 e. The highest BCUT2D eigenvalue weighted by atomic mass is 35.5. The van der Waals surface area contributed by atoms with Gasteiger partial charge in [0.2, 0.25) is 0 Å². The Labute approximate surface area is 193 Å². The average Bonchev–Trinajstić information content (AvgIpc) is 3.02. The average molecular weight is 456 g/mol. The topological polar surface area (TPSA) is 85.1 Å². The third-order valence-electron chi connectivity index (χ3n) is 5.78. The molecule has 0 saturated carbocycles. The monoisotopic (exact) mass is 455 g/mol. The molecule has 0 aliphatic heterocycles. The first-order valence-corrected chi connectivity index (χ1v) is 11.5. The molecule has 0 spiro atoms. The summed E-state index contributed by atoms with van der Waals surface area (Å²) in [5.74, 6) is -1.17. The van der Waals surface area contributed by atoms with E-state index in [1.807, 2.05) is 29.8 Å². The van der Waals surface area contributed by atoms with Gasteiger partial charge in [-0.15, -0.1) is 0 Å². The highest BCUT2D eigenvalue weighted by Crippen LogP contribution is 2.27. The van der Waals surface area contributed by atoms with E-state index in [0.29, 0.717) is 16.7 Å². The molecule has 0 bridgehead atoms. The number of fused-ring (bicyclic) bond motifs is 1. The normalized spacial score (nSPS) is 12.2. The molecular weight excluding hydrogens is 426 g/mol. The molecule has 3 aromatic rings. The summed E-state index contributed by atoms with van der Waals surface area (Å²) in [5, 5.41) is 9.80. The lowest BCUT2D eigenvalue weighted by Gasteiger charge is -2.10. The molecule has 0 aliphatic rings. The van der Waals surface area contributed by atoms with Crippen molar-refractivity contribution in [2.24, 2.45) is 13.0 Å². The fourth-order valence-electron chi connectivity index (χ4n) is 4.23. The second-order valence-corrected chi connectivity index (χ2v) is 8.92. The predicted molar refractivity (Wildman–Crippen MR) is 126 cm³/mol. The van der Waals surface area contributed by atoms with Crippen molar-refractivity contribution in [3.8, 4) is 0 Å². The third-order valence-corrected chi connectivity index (χ3v) is 6.02. The first-order valence-electron chi connectivity index (χ1n) is 11.1. The number of aromatic nitrogens is 3. The number of nitrogens with zero attached hydrogens (tertiary/aromatic N) is 3. The van der Waals surface area contributed by atoms with Crippen molar-refractivity contribution in [1.82, 2.24) is 14.5 Å². The van der Waals surface area contributed by atoms with Crippen LogP contribution >= 0.6 is 11.6 Å². The van der Waals surface area contributed by atoms with E-state index >= 15 is 0 Å². The molecule has 0 radical (unpaired) electrons. The van der Waals surface area contributed by atoms with Gasteiger partial charge in [-0.3, -0.25) is 14.6 Å². The molecule has 1 N–H and O–H groups in total. The van der Waals surface area contributed by atoms with Crippen molar-refractivity contribution >= 4 is 34.5 Å². The van der Waals surface area contributed by atoms with Crippen molar-refractivity contribution < 1.29 is 14.7 Å². The molecule has 2 aromatic heterocycles. The van der Waals surface area contributed by atoms with Crippen molar-refractivity contribution in [3.05, 3.63) is 58.5 Å². The van der Waals surface area contributed by atoms with Gasteiger partial charge in [0.25, 0.3) is 0 Å². The van der Waals surface area contributed by atoms with Crippen molar-refractivity contribution in [3.63, 3.8) is 0 Å². The molecule has 7 heteroatoms. The molecule has 0 amide bonds. The molecule has 0 aliphatic carbocycles. The molecule has 1 atom stereocenters. The number of carbonyl (C=O) groups is 2. The second-order valence-electron chi connectivity index (χ2n) is 8.48. The molecule has 170 valence electrons. The zero-order valence-electron chi connectivity index (χ0n) is 18.7. The van der Waals surface area contributed by atoms with Crippen LogP contribution in [0.25, 0.3) is 11.2 Å². The van der Waals surface area contributed by atoms with Gasteiger partial charge >= 0.3 is 5.97 Å². The zero-order chi connectivity index (χ0) is 23.1. The zero-order valence-corrected chi connectivity index (χ0v) is 19.4. The van der Waals surface area contributed by atoms with Crippen LogP contribution in [0, 0.1) is 5.92 Å². The lowest BCUT2D eigenvalue weighted by atomic mass is 9.95. The number of ketones is 1. The van der Waals surface area contributed by atoms with Gasteiger partial charge in [-0.25, -0.2) is 4.98 Å². The number of carboxylic acid groups (broad SMARTS) is 1. The standard InChI is InChI=1S/C25H30ClN3O3/c1-17(15-22(31)32)14-21(30)23-20(29(2)25-24(23)27-12-13-28-25)11-6-4-3-5-8-18-9-7-10-19(26)16-18/h7,9-10,12-13,16-17H,3-6,8,11,14-15H2,1-2H3,(H,31,32)/t17-/m0/s1. The molecule has 32 heavy (non-hydrogen) atoms. The van der Waals surface area contributed by atoms with Crippen molar-refractivity contribution in [1.29, 1.82) is 0 Å². The van der Waals surface area contributed by atoms with E-state index in [2.05, 4.69) is 16.0 Å². The lowest BCUT2D eigenvalue weighted by Crippen LogP contribution is -2.12. The summed E-state index contributed by atoms with van der Waals surface area (Å²) in [6, 6.07) is 7.99. The first-order chi connectivity index (χ1) is 15.4. The van der Waals surface area contributed by atoms with E-state index in [1.54, 1.807) is 19.3 Å². The summed E-state index contributed by atoms with van der Waals surface area (Å²) >= 11 is 6.05. The number of hydrogen-bond donors (Lipinski definition) is 1. The van der Waals surface area contributed by atoms with Gasteiger partial charge in [0.1, 0.15) is 5.52 Å². The lowest BCUT2D eigenvalue weighted by molar-refractivity contribution is -0.137. The van der Waals surface area contributed by atoms with Gasteiger partial charge in [-0.1, -0.05) is 43.5 Å². The number of carbonyl (C=O) groups excluding carboxylic acids is 1. The smallest absolute Gasteiger partial charge is 0.303 e. The van der Waals surface area contributed by atoms with E-state index < -0.39 is 5.97 Å². The summed E-state index contributed by atoms with van der Waals surface area (Å²) < 4.78 is 1.96. The molecule has 0 unspecified atom stereocenters. The maximum Gasteiger partial charge on any atom is 0.303 e. The first kappa shape index (κ1) is 23.9. The SMILES string of the molecule is C[C@H](CC(=O)O)CC(=O)c1c(CCCCCCc2cccc(Cl)c2)n(C)c2nccnc12. The molecule has 3 rings (SSSR count). The Hall–Kier alpha value is -2.73. The maximum atomic E-state index is 13.1. The Morgan fingerprint density at radius 3 is 2.50 bits per heavy atom. The third kappa shape index (κ3) is 6.16. The number of benzene rings is 1. The number of rotatable bonds is 12. The van der Waals surface area contributed by atoms with Crippen LogP contribution in [0.4, 0.5) is 0 Å². The van der Waals surface area contributed by atoms with E-state index in [4.69, 9.17) is 16.7 Å². The van der Waals surface area contributed by atoms with Gasteiger partial charge in [0.15, 0.2) is 11.4 Å². The summed E-state index contributed by atoms with van der Waals surface area (Å²) in [7, 11) is 1.92. The molecule has 1 aromatic carbocycles. The number of unbranched alkanes of at least 4 members (excludes halogenated alkanes) is 3. The van der Waals surface area contributed by atoms with Crippen LogP contribution in [0.3, 0.4) is 0 Å². The number of carboxylic acids is 1. The maximum absolute atomic E-state index is 13.1. The van der Waals surface area contributed by atoms with Crippen molar-refractivity contribution in [2.45, 2.75) is 58.3 Å². The highest BCUT2D eigenvalue weighted by molar-refractivity contribution is 6.30.